The first-order valence-corrected chi connectivity index (χ1v) is 12.3. The SMILES string of the molecule is Cc1ccc(NC(=O)Cn2cnc3nc(N4CCC(C(=O)NC(C)C)CC4)sc3c2=O)cc1C. The molecule has 10 heteroatoms. The zero-order valence-corrected chi connectivity index (χ0v) is 20.7. The van der Waals surface area contributed by atoms with E-state index >= 15 is 0 Å². The van der Waals surface area contributed by atoms with Gasteiger partial charge in [-0.15, -0.1) is 0 Å². The van der Waals surface area contributed by atoms with E-state index in [9.17, 15) is 14.4 Å². The number of fused-ring (bicyclic) bond motifs is 1. The van der Waals surface area contributed by atoms with E-state index in [4.69, 9.17) is 0 Å². The van der Waals surface area contributed by atoms with Crippen molar-refractivity contribution in [2.45, 2.75) is 53.1 Å². The zero-order chi connectivity index (χ0) is 24.4. The molecule has 4 rings (SSSR count). The Morgan fingerprint density at radius 1 is 1.18 bits per heavy atom. The zero-order valence-electron chi connectivity index (χ0n) is 19.9. The highest BCUT2D eigenvalue weighted by molar-refractivity contribution is 7.22. The average Bonchev–Trinajstić information content (AvgIpc) is 3.23. The Bertz CT molecular complexity index is 1270. The summed E-state index contributed by atoms with van der Waals surface area (Å²) in [5.41, 5.74) is 3.03. The summed E-state index contributed by atoms with van der Waals surface area (Å²) in [6, 6.07) is 5.83. The molecule has 0 aliphatic carbocycles. The number of amides is 2. The highest BCUT2D eigenvalue weighted by Gasteiger charge is 2.27. The summed E-state index contributed by atoms with van der Waals surface area (Å²) in [7, 11) is 0. The van der Waals surface area contributed by atoms with Gasteiger partial charge in [0.1, 0.15) is 17.6 Å². The highest BCUT2D eigenvalue weighted by atomic mass is 32.1. The fraction of sp³-hybridized carbons (Fsp3) is 0.458. The highest BCUT2D eigenvalue weighted by Crippen LogP contribution is 2.29. The van der Waals surface area contributed by atoms with E-state index in [1.807, 2.05) is 45.9 Å². The van der Waals surface area contributed by atoms with Gasteiger partial charge in [-0.2, -0.15) is 4.98 Å². The molecular weight excluding hydrogens is 452 g/mol. The van der Waals surface area contributed by atoms with Crippen molar-refractivity contribution in [2.24, 2.45) is 5.92 Å². The van der Waals surface area contributed by atoms with Crippen molar-refractivity contribution in [2.75, 3.05) is 23.3 Å². The number of hydrogen-bond donors (Lipinski definition) is 2. The van der Waals surface area contributed by atoms with Crippen LogP contribution in [0.1, 0.15) is 37.8 Å². The van der Waals surface area contributed by atoms with Gasteiger partial charge in [-0.3, -0.25) is 19.0 Å². The van der Waals surface area contributed by atoms with E-state index in [0.717, 1.165) is 29.1 Å². The first-order chi connectivity index (χ1) is 16.2. The Balaban J connectivity index is 1.43. The van der Waals surface area contributed by atoms with Crippen LogP contribution in [0.5, 0.6) is 0 Å². The molecule has 0 spiro atoms. The molecule has 34 heavy (non-hydrogen) atoms. The van der Waals surface area contributed by atoms with Crippen molar-refractivity contribution < 1.29 is 9.59 Å². The van der Waals surface area contributed by atoms with Gasteiger partial charge in [0.25, 0.3) is 5.56 Å². The number of carbonyl (C=O) groups excluding carboxylic acids is 2. The van der Waals surface area contributed by atoms with Crippen LogP contribution < -0.4 is 21.1 Å². The second kappa shape index (κ2) is 9.92. The Kier molecular flexibility index (Phi) is 6.97. The molecule has 2 N–H and O–H groups in total. The molecule has 1 aliphatic rings. The molecule has 1 aromatic carbocycles. The molecule has 2 amide bonds. The number of aromatic nitrogens is 3. The third kappa shape index (κ3) is 5.27. The largest absolute Gasteiger partial charge is 0.354 e. The summed E-state index contributed by atoms with van der Waals surface area (Å²) in [6.45, 7) is 9.18. The summed E-state index contributed by atoms with van der Waals surface area (Å²) >= 11 is 1.29. The van der Waals surface area contributed by atoms with E-state index in [2.05, 4.69) is 25.5 Å². The van der Waals surface area contributed by atoms with Crippen molar-refractivity contribution in [3.63, 3.8) is 0 Å². The smallest absolute Gasteiger partial charge is 0.273 e. The quantitative estimate of drug-likeness (QED) is 0.559. The molecule has 0 atom stereocenters. The number of aryl methyl sites for hydroxylation is 2. The van der Waals surface area contributed by atoms with Gasteiger partial charge in [-0.1, -0.05) is 17.4 Å². The lowest BCUT2D eigenvalue weighted by Crippen LogP contribution is -2.42. The molecule has 2 aromatic heterocycles. The van der Waals surface area contributed by atoms with Gasteiger partial charge in [0.05, 0.1) is 0 Å². The minimum atomic E-state index is -0.294. The van der Waals surface area contributed by atoms with E-state index in [-0.39, 0.29) is 35.9 Å². The van der Waals surface area contributed by atoms with Crippen LogP contribution >= 0.6 is 11.3 Å². The van der Waals surface area contributed by atoms with Gasteiger partial charge in [0, 0.05) is 30.7 Å². The number of rotatable bonds is 6. The molecule has 1 aliphatic heterocycles. The maximum atomic E-state index is 13.0. The predicted molar refractivity (Wildman–Crippen MR) is 134 cm³/mol. The van der Waals surface area contributed by atoms with E-state index < -0.39 is 0 Å². The first-order valence-electron chi connectivity index (χ1n) is 11.5. The number of thiazole rings is 1. The molecule has 180 valence electrons. The lowest BCUT2D eigenvalue weighted by Gasteiger charge is -2.31. The van der Waals surface area contributed by atoms with Crippen LogP contribution in [-0.2, 0) is 16.1 Å². The number of piperidine rings is 1. The van der Waals surface area contributed by atoms with Gasteiger partial charge in [-0.05, 0) is 63.8 Å². The van der Waals surface area contributed by atoms with Crippen molar-refractivity contribution in [1.82, 2.24) is 19.9 Å². The summed E-state index contributed by atoms with van der Waals surface area (Å²) in [6.07, 6.45) is 2.85. The Labute approximate surface area is 202 Å². The number of benzene rings is 1. The van der Waals surface area contributed by atoms with Crippen molar-refractivity contribution >= 4 is 44.3 Å². The molecule has 3 aromatic rings. The van der Waals surface area contributed by atoms with Gasteiger partial charge in [-0.25, -0.2) is 4.98 Å². The Morgan fingerprint density at radius 3 is 2.59 bits per heavy atom. The van der Waals surface area contributed by atoms with Crippen LogP contribution in [0.15, 0.2) is 29.3 Å². The van der Waals surface area contributed by atoms with Crippen LogP contribution in [0.25, 0.3) is 10.3 Å². The third-order valence-electron chi connectivity index (χ3n) is 6.04. The minimum Gasteiger partial charge on any atom is -0.354 e. The van der Waals surface area contributed by atoms with Gasteiger partial charge < -0.3 is 15.5 Å². The van der Waals surface area contributed by atoms with Crippen LogP contribution in [0.3, 0.4) is 0 Å². The molecule has 9 nitrogen and oxygen atoms in total. The molecule has 0 bridgehead atoms. The summed E-state index contributed by atoms with van der Waals surface area (Å²) < 4.78 is 1.74. The number of anilines is 2. The van der Waals surface area contributed by atoms with E-state index in [1.54, 1.807) is 0 Å². The average molecular weight is 483 g/mol. The van der Waals surface area contributed by atoms with E-state index in [0.29, 0.717) is 29.1 Å². The summed E-state index contributed by atoms with van der Waals surface area (Å²) in [5.74, 6) is -0.195. The topological polar surface area (TPSA) is 109 Å². The Morgan fingerprint density at radius 2 is 1.91 bits per heavy atom. The maximum Gasteiger partial charge on any atom is 0.273 e. The van der Waals surface area contributed by atoms with Gasteiger partial charge in [0.2, 0.25) is 11.8 Å². The fourth-order valence-electron chi connectivity index (χ4n) is 3.99. The fourth-order valence-corrected chi connectivity index (χ4v) is 5.01. The third-order valence-corrected chi connectivity index (χ3v) is 7.14. The molecule has 0 unspecified atom stereocenters. The summed E-state index contributed by atoms with van der Waals surface area (Å²) in [4.78, 5) is 48.7. The van der Waals surface area contributed by atoms with Crippen LogP contribution in [0.2, 0.25) is 0 Å². The molecule has 0 radical (unpaired) electrons. The van der Waals surface area contributed by atoms with Crippen LogP contribution in [0, 0.1) is 19.8 Å². The first kappa shape index (κ1) is 23.9. The van der Waals surface area contributed by atoms with E-state index in [1.165, 1.54) is 22.2 Å². The number of nitrogens with zero attached hydrogens (tertiary/aromatic N) is 4. The molecule has 1 fully saturated rings. The van der Waals surface area contributed by atoms with Gasteiger partial charge in [0.15, 0.2) is 10.8 Å². The lowest BCUT2D eigenvalue weighted by atomic mass is 9.96. The number of nitrogens with one attached hydrogen (secondary N) is 2. The monoisotopic (exact) mass is 482 g/mol. The van der Waals surface area contributed by atoms with Gasteiger partial charge >= 0.3 is 0 Å². The standard InChI is InChI=1S/C24H30N6O3S/c1-14(2)26-22(32)17-7-9-29(10-8-17)24-28-21-20(34-24)23(33)30(13-25-21)12-19(31)27-18-6-5-15(3)16(4)11-18/h5-6,11,13-14,17H,7-10,12H2,1-4H3,(H,26,32)(H,27,31). The molecule has 1 saturated heterocycles. The maximum absolute atomic E-state index is 13.0. The van der Waals surface area contributed by atoms with Crippen molar-refractivity contribution in [1.29, 1.82) is 0 Å². The predicted octanol–water partition coefficient (Wildman–Crippen LogP) is 2.85. The van der Waals surface area contributed by atoms with Crippen molar-refractivity contribution in [3.8, 4) is 0 Å². The van der Waals surface area contributed by atoms with Crippen molar-refractivity contribution in [3.05, 3.63) is 46.0 Å². The normalized spacial score (nSPS) is 14.6. The number of carbonyl (C=O) groups is 2. The second-order valence-electron chi connectivity index (χ2n) is 9.10. The molecular formula is C24H30N6O3S. The summed E-state index contributed by atoms with van der Waals surface area (Å²) in [5, 5.41) is 6.54. The second-order valence-corrected chi connectivity index (χ2v) is 10.1. The minimum absolute atomic E-state index is 0.000731. The van der Waals surface area contributed by atoms with Crippen LogP contribution in [0.4, 0.5) is 10.8 Å². The lowest BCUT2D eigenvalue weighted by molar-refractivity contribution is -0.126. The molecule has 0 saturated carbocycles. The number of hydrogen-bond acceptors (Lipinski definition) is 7. The molecule has 3 heterocycles. The Hall–Kier alpha value is -3.27. The van der Waals surface area contributed by atoms with Crippen LogP contribution in [-0.4, -0.2) is 45.5 Å².